The van der Waals surface area contributed by atoms with E-state index in [4.69, 9.17) is 16.3 Å². The second-order valence-corrected chi connectivity index (χ2v) is 9.38. The normalized spacial score (nSPS) is 11.4. The lowest BCUT2D eigenvalue weighted by Crippen LogP contribution is -2.24. The molecule has 3 aromatic rings. The minimum absolute atomic E-state index is 0.0501. The first-order chi connectivity index (χ1) is 14.7. The highest BCUT2D eigenvalue weighted by atomic mass is 35.5. The Morgan fingerprint density at radius 1 is 1.16 bits per heavy atom. The standard InChI is InChI=1S/C23H27ClN4O2S/c1-6-25-20(29)14-31-22-27-26-21(15-7-9-16(10-8-15)23(2,3)4)28(22)17-11-12-19(30-5)18(24)13-17/h7-13H,6,14H2,1-5H3,(H,25,29). The number of nitrogens with one attached hydrogen (secondary N) is 1. The Morgan fingerprint density at radius 2 is 1.87 bits per heavy atom. The van der Waals surface area contributed by atoms with Crippen molar-refractivity contribution in [3.63, 3.8) is 0 Å². The van der Waals surface area contributed by atoms with Crippen LogP contribution in [0.5, 0.6) is 5.75 Å². The van der Waals surface area contributed by atoms with Crippen LogP contribution in [0.3, 0.4) is 0 Å². The van der Waals surface area contributed by atoms with Gasteiger partial charge in [-0.05, 0) is 36.1 Å². The SMILES string of the molecule is CCNC(=O)CSc1nnc(-c2ccc(C(C)(C)C)cc2)n1-c1ccc(OC)c(Cl)c1. The van der Waals surface area contributed by atoms with E-state index in [1.54, 1.807) is 7.11 Å². The van der Waals surface area contributed by atoms with Gasteiger partial charge in [-0.3, -0.25) is 9.36 Å². The molecule has 0 saturated heterocycles. The van der Waals surface area contributed by atoms with Gasteiger partial charge in [-0.1, -0.05) is 68.4 Å². The van der Waals surface area contributed by atoms with Gasteiger partial charge in [0.25, 0.3) is 0 Å². The third kappa shape index (κ3) is 5.40. The number of rotatable bonds is 7. The number of amides is 1. The maximum Gasteiger partial charge on any atom is 0.230 e. The molecule has 164 valence electrons. The Bertz CT molecular complexity index is 1060. The topological polar surface area (TPSA) is 69.0 Å². The maximum absolute atomic E-state index is 12.0. The number of carbonyl (C=O) groups is 1. The van der Waals surface area contributed by atoms with Crippen molar-refractivity contribution in [3.8, 4) is 22.8 Å². The minimum atomic E-state index is -0.0501. The number of thioether (sulfide) groups is 1. The number of hydrogen-bond donors (Lipinski definition) is 1. The maximum atomic E-state index is 12.0. The fraction of sp³-hybridized carbons (Fsp3) is 0.348. The molecule has 0 aliphatic heterocycles. The van der Waals surface area contributed by atoms with Crippen molar-refractivity contribution in [1.82, 2.24) is 20.1 Å². The second kappa shape index (κ2) is 9.75. The van der Waals surface area contributed by atoms with Crippen LogP contribution in [-0.2, 0) is 10.2 Å². The highest BCUT2D eigenvalue weighted by Crippen LogP contribution is 2.33. The van der Waals surface area contributed by atoms with Crippen LogP contribution in [0.15, 0.2) is 47.6 Å². The number of ether oxygens (including phenoxy) is 1. The molecule has 6 nitrogen and oxygen atoms in total. The summed E-state index contributed by atoms with van der Waals surface area (Å²) in [6.45, 7) is 9.02. The molecule has 0 atom stereocenters. The molecule has 0 fully saturated rings. The van der Waals surface area contributed by atoms with Crippen LogP contribution in [0, 0.1) is 0 Å². The van der Waals surface area contributed by atoms with Crippen molar-refractivity contribution in [2.24, 2.45) is 0 Å². The van der Waals surface area contributed by atoms with E-state index >= 15 is 0 Å². The molecule has 0 spiro atoms. The average molecular weight is 459 g/mol. The zero-order valence-corrected chi connectivity index (χ0v) is 20.0. The molecule has 3 rings (SSSR count). The molecule has 0 radical (unpaired) electrons. The molecule has 1 amide bonds. The van der Waals surface area contributed by atoms with Gasteiger partial charge in [0.2, 0.25) is 5.91 Å². The average Bonchev–Trinajstić information content (AvgIpc) is 3.16. The number of benzene rings is 2. The van der Waals surface area contributed by atoms with E-state index in [9.17, 15) is 4.79 Å². The van der Waals surface area contributed by atoms with E-state index < -0.39 is 0 Å². The molecule has 31 heavy (non-hydrogen) atoms. The predicted molar refractivity (Wildman–Crippen MR) is 126 cm³/mol. The van der Waals surface area contributed by atoms with Crippen LogP contribution in [-0.4, -0.2) is 40.1 Å². The van der Waals surface area contributed by atoms with Crippen molar-refractivity contribution >= 4 is 29.3 Å². The van der Waals surface area contributed by atoms with E-state index in [-0.39, 0.29) is 17.1 Å². The highest BCUT2D eigenvalue weighted by Gasteiger charge is 2.19. The Labute approximate surface area is 192 Å². The van der Waals surface area contributed by atoms with Crippen molar-refractivity contribution in [2.75, 3.05) is 19.4 Å². The highest BCUT2D eigenvalue weighted by molar-refractivity contribution is 7.99. The van der Waals surface area contributed by atoms with Crippen molar-refractivity contribution < 1.29 is 9.53 Å². The summed E-state index contributed by atoms with van der Waals surface area (Å²) in [5, 5.41) is 12.7. The third-order valence-corrected chi connectivity index (χ3v) is 5.97. The molecule has 0 aliphatic carbocycles. The molecule has 0 unspecified atom stereocenters. The van der Waals surface area contributed by atoms with E-state index in [1.165, 1.54) is 17.3 Å². The summed E-state index contributed by atoms with van der Waals surface area (Å²) in [6.07, 6.45) is 0. The van der Waals surface area contributed by atoms with Gasteiger partial charge in [0.1, 0.15) is 5.75 Å². The van der Waals surface area contributed by atoms with Crippen molar-refractivity contribution in [2.45, 2.75) is 38.3 Å². The van der Waals surface area contributed by atoms with Crippen LogP contribution in [0.1, 0.15) is 33.3 Å². The lowest BCUT2D eigenvalue weighted by molar-refractivity contribution is -0.118. The van der Waals surface area contributed by atoms with E-state index in [1.807, 2.05) is 41.8 Å². The molecule has 0 saturated carbocycles. The first-order valence-electron chi connectivity index (χ1n) is 10.0. The Kier molecular flexibility index (Phi) is 7.28. The number of carbonyl (C=O) groups excluding carboxylic acids is 1. The molecule has 1 N–H and O–H groups in total. The zero-order chi connectivity index (χ0) is 22.6. The van der Waals surface area contributed by atoms with Gasteiger partial charge in [0.05, 0.1) is 23.6 Å². The van der Waals surface area contributed by atoms with E-state index in [2.05, 4.69) is 48.4 Å². The monoisotopic (exact) mass is 458 g/mol. The first-order valence-corrected chi connectivity index (χ1v) is 11.4. The lowest BCUT2D eigenvalue weighted by atomic mass is 9.87. The molecular formula is C23H27ClN4O2S. The van der Waals surface area contributed by atoms with Gasteiger partial charge in [0, 0.05) is 12.1 Å². The quantitative estimate of drug-likeness (QED) is 0.497. The number of nitrogens with zero attached hydrogens (tertiary/aromatic N) is 3. The Morgan fingerprint density at radius 3 is 2.45 bits per heavy atom. The summed E-state index contributed by atoms with van der Waals surface area (Å²) >= 11 is 7.72. The first kappa shape index (κ1) is 23.2. The fourth-order valence-corrected chi connectivity index (χ4v) is 4.11. The second-order valence-electron chi connectivity index (χ2n) is 8.03. The number of methoxy groups -OCH3 is 1. The van der Waals surface area contributed by atoms with Gasteiger partial charge >= 0.3 is 0 Å². The summed E-state index contributed by atoms with van der Waals surface area (Å²) in [5.41, 5.74) is 3.02. The van der Waals surface area contributed by atoms with Crippen molar-refractivity contribution in [1.29, 1.82) is 0 Å². The summed E-state index contributed by atoms with van der Waals surface area (Å²) in [4.78, 5) is 12.0. The summed E-state index contributed by atoms with van der Waals surface area (Å²) in [6, 6.07) is 13.8. The van der Waals surface area contributed by atoms with Crippen LogP contribution >= 0.6 is 23.4 Å². The van der Waals surface area contributed by atoms with Crippen LogP contribution in [0.2, 0.25) is 5.02 Å². The van der Waals surface area contributed by atoms with Gasteiger partial charge in [-0.2, -0.15) is 0 Å². The van der Waals surface area contributed by atoms with E-state index in [0.29, 0.717) is 28.3 Å². The molecule has 2 aromatic carbocycles. The number of hydrogen-bond acceptors (Lipinski definition) is 5. The van der Waals surface area contributed by atoms with Gasteiger partial charge in [-0.15, -0.1) is 10.2 Å². The molecule has 1 heterocycles. The van der Waals surface area contributed by atoms with Gasteiger partial charge in [0.15, 0.2) is 11.0 Å². The molecule has 1 aromatic heterocycles. The van der Waals surface area contributed by atoms with Gasteiger partial charge in [-0.25, -0.2) is 0 Å². The Balaban J connectivity index is 2.05. The smallest absolute Gasteiger partial charge is 0.230 e. The lowest BCUT2D eigenvalue weighted by Gasteiger charge is -2.19. The molecular weight excluding hydrogens is 432 g/mol. The summed E-state index contributed by atoms with van der Waals surface area (Å²) < 4.78 is 7.20. The number of aromatic nitrogens is 3. The number of halogens is 1. The third-order valence-electron chi connectivity index (χ3n) is 4.74. The zero-order valence-electron chi connectivity index (χ0n) is 18.4. The van der Waals surface area contributed by atoms with Crippen LogP contribution < -0.4 is 10.1 Å². The van der Waals surface area contributed by atoms with Crippen LogP contribution in [0.25, 0.3) is 17.1 Å². The predicted octanol–water partition coefficient (Wildman–Crippen LogP) is 5.12. The summed E-state index contributed by atoms with van der Waals surface area (Å²) in [5.74, 6) is 1.47. The van der Waals surface area contributed by atoms with E-state index in [0.717, 1.165) is 11.3 Å². The van der Waals surface area contributed by atoms with Crippen LogP contribution in [0.4, 0.5) is 0 Å². The van der Waals surface area contributed by atoms with Gasteiger partial charge < -0.3 is 10.1 Å². The molecule has 0 aliphatic rings. The fourth-order valence-electron chi connectivity index (χ4n) is 3.08. The van der Waals surface area contributed by atoms with Crippen molar-refractivity contribution in [3.05, 3.63) is 53.1 Å². The minimum Gasteiger partial charge on any atom is -0.495 e. The largest absolute Gasteiger partial charge is 0.495 e. The summed E-state index contributed by atoms with van der Waals surface area (Å²) in [7, 11) is 1.58. The molecule has 8 heteroatoms. The Hall–Kier alpha value is -2.51. The molecule has 0 bridgehead atoms.